The SMILES string of the molecule is O=C(O)c1ccc(Cc2ccco2)[nH]c1=O. The van der Waals surface area contributed by atoms with E-state index in [1.807, 2.05) is 0 Å². The van der Waals surface area contributed by atoms with Gasteiger partial charge < -0.3 is 14.5 Å². The molecule has 0 radical (unpaired) electrons. The number of hydrogen-bond acceptors (Lipinski definition) is 3. The van der Waals surface area contributed by atoms with Crippen molar-refractivity contribution in [3.63, 3.8) is 0 Å². The second kappa shape index (κ2) is 4.06. The first kappa shape index (κ1) is 10.2. The Morgan fingerprint density at radius 2 is 2.19 bits per heavy atom. The fourth-order valence-corrected chi connectivity index (χ4v) is 1.39. The summed E-state index contributed by atoms with van der Waals surface area (Å²) in [5.74, 6) is -0.524. The number of furan rings is 1. The molecule has 0 fully saturated rings. The van der Waals surface area contributed by atoms with Crippen LogP contribution in [-0.2, 0) is 6.42 Å². The monoisotopic (exact) mass is 219 g/mol. The Morgan fingerprint density at radius 3 is 2.75 bits per heavy atom. The van der Waals surface area contributed by atoms with E-state index in [1.54, 1.807) is 24.5 Å². The number of rotatable bonds is 3. The zero-order valence-electron chi connectivity index (χ0n) is 8.27. The Bertz CT molecular complexity index is 554. The highest BCUT2D eigenvalue weighted by molar-refractivity contribution is 5.86. The number of nitrogens with one attached hydrogen (secondary N) is 1. The van der Waals surface area contributed by atoms with Crippen molar-refractivity contribution in [2.24, 2.45) is 0 Å². The van der Waals surface area contributed by atoms with Crippen molar-refractivity contribution in [1.82, 2.24) is 4.98 Å². The molecule has 2 aromatic rings. The van der Waals surface area contributed by atoms with E-state index in [1.165, 1.54) is 6.07 Å². The van der Waals surface area contributed by atoms with E-state index < -0.39 is 11.5 Å². The maximum Gasteiger partial charge on any atom is 0.341 e. The largest absolute Gasteiger partial charge is 0.477 e. The summed E-state index contributed by atoms with van der Waals surface area (Å²) in [5.41, 5.74) is -0.246. The van der Waals surface area contributed by atoms with Gasteiger partial charge in [0.05, 0.1) is 6.26 Å². The van der Waals surface area contributed by atoms with E-state index >= 15 is 0 Å². The molecule has 0 atom stereocenters. The second-order valence-electron chi connectivity index (χ2n) is 3.29. The van der Waals surface area contributed by atoms with Crippen molar-refractivity contribution in [3.05, 3.63) is 57.9 Å². The minimum atomic E-state index is -1.23. The summed E-state index contributed by atoms with van der Waals surface area (Å²) >= 11 is 0. The van der Waals surface area contributed by atoms with Gasteiger partial charge in [-0.2, -0.15) is 0 Å². The number of hydrogen-bond donors (Lipinski definition) is 2. The van der Waals surface area contributed by atoms with E-state index in [2.05, 4.69) is 4.98 Å². The van der Waals surface area contributed by atoms with E-state index in [0.29, 0.717) is 17.9 Å². The third kappa shape index (κ3) is 2.03. The first-order valence-corrected chi connectivity index (χ1v) is 4.64. The lowest BCUT2D eigenvalue weighted by Crippen LogP contribution is -2.18. The van der Waals surface area contributed by atoms with Crippen LogP contribution in [0.2, 0.25) is 0 Å². The number of aromatic carboxylic acids is 1. The highest BCUT2D eigenvalue weighted by Crippen LogP contribution is 2.06. The van der Waals surface area contributed by atoms with Crippen LogP contribution < -0.4 is 5.56 Å². The van der Waals surface area contributed by atoms with Crippen molar-refractivity contribution in [2.75, 3.05) is 0 Å². The predicted molar refractivity (Wildman–Crippen MR) is 55.5 cm³/mol. The number of aromatic amines is 1. The molecular weight excluding hydrogens is 210 g/mol. The van der Waals surface area contributed by atoms with Crippen LogP contribution >= 0.6 is 0 Å². The molecule has 5 nitrogen and oxygen atoms in total. The topological polar surface area (TPSA) is 83.3 Å². The number of pyridine rings is 1. The van der Waals surface area contributed by atoms with Crippen LogP contribution in [0, 0.1) is 0 Å². The quantitative estimate of drug-likeness (QED) is 0.813. The lowest BCUT2D eigenvalue weighted by atomic mass is 10.2. The molecule has 0 spiro atoms. The molecule has 0 aliphatic heterocycles. The summed E-state index contributed by atoms with van der Waals surface area (Å²) in [4.78, 5) is 24.5. The van der Waals surface area contributed by atoms with Crippen molar-refractivity contribution < 1.29 is 14.3 Å². The molecule has 5 heteroatoms. The molecule has 16 heavy (non-hydrogen) atoms. The highest BCUT2D eigenvalue weighted by atomic mass is 16.4. The van der Waals surface area contributed by atoms with Gasteiger partial charge in [0, 0.05) is 12.1 Å². The Balaban J connectivity index is 2.28. The number of carboxylic acid groups (broad SMARTS) is 1. The van der Waals surface area contributed by atoms with Crippen LogP contribution in [0.15, 0.2) is 39.7 Å². The van der Waals surface area contributed by atoms with Crippen LogP contribution in [0.5, 0.6) is 0 Å². The van der Waals surface area contributed by atoms with E-state index in [4.69, 9.17) is 9.52 Å². The van der Waals surface area contributed by atoms with Crippen molar-refractivity contribution in [1.29, 1.82) is 0 Å². The number of carboxylic acids is 1. The fraction of sp³-hybridized carbons (Fsp3) is 0.0909. The standard InChI is InChI=1S/C11H9NO4/c13-10-9(11(14)15)4-3-7(12-10)6-8-2-1-5-16-8/h1-5H,6H2,(H,12,13)(H,14,15). The molecule has 0 saturated carbocycles. The Morgan fingerprint density at radius 1 is 1.38 bits per heavy atom. The normalized spacial score (nSPS) is 10.2. The van der Waals surface area contributed by atoms with Crippen LogP contribution in [-0.4, -0.2) is 16.1 Å². The first-order chi connectivity index (χ1) is 7.66. The lowest BCUT2D eigenvalue weighted by molar-refractivity contribution is 0.0695. The summed E-state index contributed by atoms with van der Waals surface area (Å²) < 4.78 is 5.12. The molecule has 0 amide bonds. The van der Waals surface area contributed by atoms with Gasteiger partial charge in [0.2, 0.25) is 0 Å². The average molecular weight is 219 g/mol. The summed E-state index contributed by atoms with van der Waals surface area (Å²) in [5, 5.41) is 8.67. The van der Waals surface area contributed by atoms with Crippen molar-refractivity contribution >= 4 is 5.97 Å². The highest BCUT2D eigenvalue weighted by Gasteiger charge is 2.09. The van der Waals surface area contributed by atoms with E-state index in [-0.39, 0.29) is 5.56 Å². The predicted octanol–water partition coefficient (Wildman–Crippen LogP) is 1.26. The molecular formula is C11H9NO4. The molecule has 0 aromatic carbocycles. The van der Waals surface area contributed by atoms with E-state index in [9.17, 15) is 9.59 Å². The molecule has 2 rings (SSSR count). The number of carbonyl (C=O) groups is 1. The van der Waals surface area contributed by atoms with Gasteiger partial charge in [-0.1, -0.05) is 0 Å². The average Bonchev–Trinajstić information content (AvgIpc) is 2.70. The summed E-state index contributed by atoms with van der Waals surface area (Å²) in [7, 11) is 0. The number of aromatic nitrogens is 1. The Labute approximate surface area is 90.3 Å². The second-order valence-corrected chi connectivity index (χ2v) is 3.29. The Hall–Kier alpha value is -2.30. The van der Waals surface area contributed by atoms with Crippen LogP contribution in [0.4, 0.5) is 0 Å². The van der Waals surface area contributed by atoms with Gasteiger partial charge in [0.25, 0.3) is 5.56 Å². The van der Waals surface area contributed by atoms with Gasteiger partial charge in [-0.15, -0.1) is 0 Å². The Kier molecular flexibility index (Phi) is 2.59. The van der Waals surface area contributed by atoms with Crippen LogP contribution in [0.25, 0.3) is 0 Å². The minimum Gasteiger partial charge on any atom is -0.477 e. The van der Waals surface area contributed by atoms with Gasteiger partial charge in [-0.3, -0.25) is 4.79 Å². The summed E-state index contributed by atoms with van der Waals surface area (Å²) in [6.07, 6.45) is 1.97. The maximum atomic E-state index is 11.3. The third-order valence-corrected chi connectivity index (χ3v) is 2.15. The van der Waals surface area contributed by atoms with Gasteiger partial charge in [-0.05, 0) is 24.3 Å². The molecule has 0 unspecified atom stereocenters. The molecule has 2 aromatic heterocycles. The maximum absolute atomic E-state index is 11.3. The molecule has 0 aliphatic carbocycles. The first-order valence-electron chi connectivity index (χ1n) is 4.64. The fourth-order valence-electron chi connectivity index (χ4n) is 1.39. The third-order valence-electron chi connectivity index (χ3n) is 2.15. The van der Waals surface area contributed by atoms with Gasteiger partial charge in [0.15, 0.2) is 0 Å². The van der Waals surface area contributed by atoms with Crippen LogP contribution in [0.3, 0.4) is 0 Å². The van der Waals surface area contributed by atoms with Gasteiger partial charge >= 0.3 is 5.97 Å². The molecule has 0 aliphatic rings. The summed E-state index contributed by atoms with van der Waals surface area (Å²) in [6, 6.07) is 6.38. The molecule has 0 bridgehead atoms. The molecule has 82 valence electrons. The van der Waals surface area contributed by atoms with Gasteiger partial charge in [0.1, 0.15) is 11.3 Å². The van der Waals surface area contributed by atoms with Crippen molar-refractivity contribution in [2.45, 2.75) is 6.42 Å². The number of H-pyrrole nitrogens is 1. The zero-order chi connectivity index (χ0) is 11.5. The summed E-state index contributed by atoms with van der Waals surface area (Å²) in [6.45, 7) is 0. The van der Waals surface area contributed by atoms with Crippen LogP contribution in [0.1, 0.15) is 21.8 Å². The molecule has 0 saturated heterocycles. The smallest absolute Gasteiger partial charge is 0.341 e. The van der Waals surface area contributed by atoms with E-state index in [0.717, 1.165) is 0 Å². The molecule has 2 N–H and O–H groups in total. The zero-order valence-corrected chi connectivity index (χ0v) is 8.27. The minimum absolute atomic E-state index is 0.261. The molecule has 2 heterocycles. The van der Waals surface area contributed by atoms with Crippen molar-refractivity contribution in [3.8, 4) is 0 Å². The lowest BCUT2D eigenvalue weighted by Gasteiger charge is -1.99. The van der Waals surface area contributed by atoms with Gasteiger partial charge in [-0.25, -0.2) is 4.79 Å².